The van der Waals surface area contributed by atoms with E-state index in [1.807, 2.05) is 36.4 Å². The summed E-state index contributed by atoms with van der Waals surface area (Å²) < 4.78 is 12.2. The maximum Gasteiger partial charge on any atom is 0.130 e. The molecule has 0 aliphatic heterocycles. The fourth-order valence-corrected chi connectivity index (χ4v) is 2.41. The van der Waals surface area contributed by atoms with Gasteiger partial charge in [0.1, 0.15) is 17.2 Å². The normalized spacial score (nSPS) is 12.0. The number of hydrogen-bond acceptors (Lipinski definition) is 3. The molecule has 112 valence electrons. The molecule has 0 saturated carbocycles. The molecule has 2 aromatic carbocycles. The maximum atomic E-state index is 6.07. The number of nitrogens with two attached hydrogens (primary N) is 1. The van der Waals surface area contributed by atoms with Gasteiger partial charge in [0.2, 0.25) is 0 Å². The zero-order chi connectivity index (χ0) is 15.2. The standard InChI is InChI=1S/C17H20BrNO2/c1-3-14(19)11-12-10-13(18)4-9-17(12)21-16-7-5-15(20-2)6-8-16/h4-10,14H,3,11,19H2,1-2H3. The summed E-state index contributed by atoms with van der Waals surface area (Å²) in [7, 11) is 1.65. The highest BCUT2D eigenvalue weighted by Gasteiger charge is 2.10. The molecule has 0 bridgehead atoms. The molecule has 2 aromatic rings. The summed E-state index contributed by atoms with van der Waals surface area (Å²) in [5.41, 5.74) is 7.17. The van der Waals surface area contributed by atoms with Crippen LogP contribution in [0.2, 0.25) is 0 Å². The van der Waals surface area contributed by atoms with E-state index >= 15 is 0 Å². The Morgan fingerprint density at radius 3 is 2.38 bits per heavy atom. The first-order valence-corrected chi connectivity index (χ1v) is 7.77. The monoisotopic (exact) mass is 349 g/mol. The second kappa shape index (κ2) is 7.48. The minimum atomic E-state index is 0.137. The van der Waals surface area contributed by atoms with Crippen molar-refractivity contribution < 1.29 is 9.47 Å². The molecule has 2 N–H and O–H groups in total. The third kappa shape index (κ3) is 4.48. The van der Waals surface area contributed by atoms with Gasteiger partial charge in [0.05, 0.1) is 7.11 Å². The lowest BCUT2D eigenvalue weighted by molar-refractivity contribution is 0.412. The van der Waals surface area contributed by atoms with Gasteiger partial charge in [0.25, 0.3) is 0 Å². The molecule has 1 unspecified atom stereocenters. The third-order valence-electron chi connectivity index (χ3n) is 3.32. The summed E-state index contributed by atoms with van der Waals surface area (Å²) in [4.78, 5) is 0. The molecule has 0 amide bonds. The van der Waals surface area contributed by atoms with Crippen LogP contribution in [0.15, 0.2) is 46.9 Å². The van der Waals surface area contributed by atoms with E-state index in [1.165, 1.54) is 0 Å². The van der Waals surface area contributed by atoms with Crippen LogP contribution < -0.4 is 15.2 Å². The Kier molecular flexibility index (Phi) is 5.65. The lowest BCUT2D eigenvalue weighted by atomic mass is 10.0. The minimum absolute atomic E-state index is 0.137. The summed E-state index contributed by atoms with van der Waals surface area (Å²) >= 11 is 3.50. The van der Waals surface area contributed by atoms with E-state index in [0.717, 1.165) is 40.1 Å². The number of hydrogen-bond donors (Lipinski definition) is 1. The van der Waals surface area contributed by atoms with Crippen molar-refractivity contribution in [1.29, 1.82) is 0 Å². The average Bonchev–Trinajstić information content (AvgIpc) is 2.50. The topological polar surface area (TPSA) is 44.5 Å². The van der Waals surface area contributed by atoms with Crippen LogP contribution in [0.4, 0.5) is 0 Å². The molecule has 0 aliphatic rings. The number of rotatable bonds is 6. The van der Waals surface area contributed by atoms with Crippen molar-refractivity contribution in [1.82, 2.24) is 0 Å². The molecular weight excluding hydrogens is 330 g/mol. The molecule has 0 aliphatic carbocycles. The molecule has 1 atom stereocenters. The third-order valence-corrected chi connectivity index (χ3v) is 3.81. The van der Waals surface area contributed by atoms with Gasteiger partial charge in [-0.25, -0.2) is 0 Å². The number of benzene rings is 2. The lowest BCUT2D eigenvalue weighted by Crippen LogP contribution is -2.21. The van der Waals surface area contributed by atoms with Gasteiger partial charge in [0.15, 0.2) is 0 Å². The summed E-state index contributed by atoms with van der Waals surface area (Å²) in [5.74, 6) is 2.43. The first-order valence-electron chi connectivity index (χ1n) is 6.98. The van der Waals surface area contributed by atoms with Crippen LogP contribution >= 0.6 is 15.9 Å². The SMILES string of the molecule is CCC(N)Cc1cc(Br)ccc1Oc1ccc(OC)cc1. The molecule has 2 rings (SSSR count). The smallest absolute Gasteiger partial charge is 0.130 e. The minimum Gasteiger partial charge on any atom is -0.497 e. The van der Waals surface area contributed by atoms with Gasteiger partial charge in [-0.3, -0.25) is 0 Å². The van der Waals surface area contributed by atoms with E-state index in [0.29, 0.717) is 0 Å². The van der Waals surface area contributed by atoms with Gasteiger partial charge in [0, 0.05) is 10.5 Å². The number of halogens is 1. The molecule has 3 nitrogen and oxygen atoms in total. The van der Waals surface area contributed by atoms with Gasteiger partial charge < -0.3 is 15.2 Å². The van der Waals surface area contributed by atoms with Crippen molar-refractivity contribution in [2.24, 2.45) is 5.73 Å². The Balaban J connectivity index is 2.21. The van der Waals surface area contributed by atoms with Crippen LogP contribution in [0.5, 0.6) is 17.2 Å². The van der Waals surface area contributed by atoms with E-state index in [9.17, 15) is 0 Å². The molecule has 4 heteroatoms. The molecule has 0 saturated heterocycles. The largest absolute Gasteiger partial charge is 0.497 e. The fraction of sp³-hybridized carbons (Fsp3) is 0.294. The molecular formula is C17H20BrNO2. The highest BCUT2D eigenvalue weighted by Crippen LogP contribution is 2.30. The van der Waals surface area contributed by atoms with E-state index < -0.39 is 0 Å². The van der Waals surface area contributed by atoms with Crippen LogP contribution in [-0.2, 0) is 6.42 Å². The van der Waals surface area contributed by atoms with Crippen LogP contribution in [0.3, 0.4) is 0 Å². The Labute approximate surface area is 134 Å². The van der Waals surface area contributed by atoms with Crippen LogP contribution in [0.25, 0.3) is 0 Å². The Morgan fingerprint density at radius 1 is 1.10 bits per heavy atom. The zero-order valence-electron chi connectivity index (χ0n) is 12.3. The summed E-state index contributed by atoms with van der Waals surface area (Å²) in [6, 6.07) is 13.7. The molecule has 0 aromatic heterocycles. The first kappa shape index (κ1) is 15.9. The molecule has 0 heterocycles. The second-order valence-corrected chi connectivity index (χ2v) is 5.82. The van der Waals surface area contributed by atoms with Crippen molar-refractivity contribution in [2.75, 3.05) is 7.11 Å². The highest BCUT2D eigenvalue weighted by atomic mass is 79.9. The molecule has 0 fully saturated rings. The van der Waals surface area contributed by atoms with Crippen molar-refractivity contribution in [3.63, 3.8) is 0 Å². The Bertz CT molecular complexity index is 584. The highest BCUT2D eigenvalue weighted by molar-refractivity contribution is 9.10. The summed E-state index contributed by atoms with van der Waals surface area (Å²) in [5, 5.41) is 0. The molecule has 0 spiro atoms. The van der Waals surface area contributed by atoms with Crippen LogP contribution in [-0.4, -0.2) is 13.2 Å². The first-order chi connectivity index (χ1) is 10.1. The van der Waals surface area contributed by atoms with Crippen molar-refractivity contribution in [2.45, 2.75) is 25.8 Å². The number of ether oxygens (including phenoxy) is 2. The molecule has 0 radical (unpaired) electrons. The van der Waals surface area contributed by atoms with Gasteiger partial charge in [-0.1, -0.05) is 22.9 Å². The van der Waals surface area contributed by atoms with Gasteiger partial charge in [-0.2, -0.15) is 0 Å². The lowest BCUT2D eigenvalue weighted by Gasteiger charge is -2.15. The van der Waals surface area contributed by atoms with Crippen molar-refractivity contribution >= 4 is 15.9 Å². The van der Waals surface area contributed by atoms with E-state index in [-0.39, 0.29) is 6.04 Å². The van der Waals surface area contributed by atoms with Crippen LogP contribution in [0.1, 0.15) is 18.9 Å². The van der Waals surface area contributed by atoms with E-state index in [4.69, 9.17) is 15.2 Å². The van der Waals surface area contributed by atoms with E-state index in [2.05, 4.69) is 28.9 Å². The Morgan fingerprint density at radius 2 is 1.76 bits per heavy atom. The molecule has 21 heavy (non-hydrogen) atoms. The summed E-state index contributed by atoms with van der Waals surface area (Å²) in [6.45, 7) is 2.09. The fourth-order valence-electron chi connectivity index (χ4n) is 2.00. The van der Waals surface area contributed by atoms with Gasteiger partial charge in [-0.05, 0) is 60.9 Å². The predicted octanol–water partition coefficient (Wildman–Crippen LogP) is 4.53. The van der Waals surface area contributed by atoms with Gasteiger partial charge in [-0.15, -0.1) is 0 Å². The average molecular weight is 350 g/mol. The predicted molar refractivity (Wildman–Crippen MR) is 89.2 cm³/mol. The van der Waals surface area contributed by atoms with Crippen LogP contribution in [0, 0.1) is 0 Å². The van der Waals surface area contributed by atoms with Gasteiger partial charge >= 0.3 is 0 Å². The zero-order valence-corrected chi connectivity index (χ0v) is 13.9. The number of methoxy groups -OCH3 is 1. The quantitative estimate of drug-likeness (QED) is 0.833. The Hall–Kier alpha value is -1.52. The maximum absolute atomic E-state index is 6.07. The second-order valence-electron chi connectivity index (χ2n) is 4.90. The van der Waals surface area contributed by atoms with Crippen molar-refractivity contribution in [3.05, 3.63) is 52.5 Å². The van der Waals surface area contributed by atoms with Crippen molar-refractivity contribution in [3.8, 4) is 17.2 Å². The summed E-state index contributed by atoms with van der Waals surface area (Å²) in [6.07, 6.45) is 1.73. The van der Waals surface area contributed by atoms with E-state index in [1.54, 1.807) is 7.11 Å².